The summed E-state index contributed by atoms with van der Waals surface area (Å²) in [6, 6.07) is 2.12. The Kier molecular flexibility index (Phi) is 5.22. The standard InChI is InChI=1S/C14H19NO3S2/c1-12-11-20(17,18)7-5-15(12)9-14-8-13(10-19-14)4-2-3-6-16/h8,10,12,16H,3,5-7,9,11H2,1H3. The Balaban J connectivity index is 1.96. The van der Waals surface area contributed by atoms with Crippen LogP contribution in [0.25, 0.3) is 0 Å². The molecule has 1 fully saturated rings. The fourth-order valence-electron chi connectivity index (χ4n) is 2.22. The second-order valence-corrected chi connectivity index (χ2v) is 8.24. The first kappa shape index (κ1) is 15.5. The Morgan fingerprint density at radius 3 is 3.05 bits per heavy atom. The summed E-state index contributed by atoms with van der Waals surface area (Å²) in [5.41, 5.74) is 0.968. The van der Waals surface area contributed by atoms with Gasteiger partial charge in [0, 0.05) is 41.4 Å². The van der Waals surface area contributed by atoms with E-state index in [0.717, 1.165) is 12.1 Å². The quantitative estimate of drug-likeness (QED) is 0.849. The molecule has 2 rings (SSSR count). The summed E-state index contributed by atoms with van der Waals surface area (Å²) in [5.74, 6) is 6.42. The van der Waals surface area contributed by atoms with E-state index in [2.05, 4.69) is 16.7 Å². The van der Waals surface area contributed by atoms with Gasteiger partial charge < -0.3 is 5.11 Å². The highest BCUT2D eigenvalue weighted by molar-refractivity contribution is 7.91. The van der Waals surface area contributed by atoms with Crippen LogP contribution in [-0.4, -0.2) is 49.1 Å². The van der Waals surface area contributed by atoms with Gasteiger partial charge in [-0.3, -0.25) is 4.90 Å². The molecule has 20 heavy (non-hydrogen) atoms. The van der Waals surface area contributed by atoms with Crippen molar-refractivity contribution in [3.05, 3.63) is 21.9 Å². The summed E-state index contributed by atoms with van der Waals surface area (Å²) < 4.78 is 23.1. The predicted molar refractivity (Wildman–Crippen MR) is 81.4 cm³/mol. The van der Waals surface area contributed by atoms with Crippen LogP contribution in [-0.2, 0) is 16.4 Å². The first-order valence-corrected chi connectivity index (χ1v) is 9.32. The normalized spacial score (nSPS) is 22.2. The van der Waals surface area contributed by atoms with Crippen molar-refractivity contribution < 1.29 is 13.5 Å². The van der Waals surface area contributed by atoms with E-state index in [1.807, 2.05) is 18.4 Å². The van der Waals surface area contributed by atoms with E-state index in [0.29, 0.717) is 13.0 Å². The van der Waals surface area contributed by atoms with Crippen LogP contribution in [0.1, 0.15) is 23.8 Å². The highest BCUT2D eigenvalue weighted by atomic mass is 32.2. The zero-order valence-corrected chi connectivity index (χ0v) is 13.1. The van der Waals surface area contributed by atoms with Gasteiger partial charge in [-0.1, -0.05) is 11.8 Å². The number of aliphatic hydroxyl groups is 1. The molecule has 4 nitrogen and oxygen atoms in total. The fraction of sp³-hybridized carbons (Fsp3) is 0.571. The lowest BCUT2D eigenvalue weighted by Crippen LogP contribution is -2.46. The van der Waals surface area contributed by atoms with Crippen LogP contribution in [0.15, 0.2) is 11.4 Å². The van der Waals surface area contributed by atoms with E-state index in [9.17, 15) is 8.42 Å². The molecular weight excluding hydrogens is 294 g/mol. The maximum absolute atomic E-state index is 11.5. The van der Waals surface area contributed by atoms with Crippen molar-refractivity contribution in [2.75, 3.05) is 24.7 Å². The minimum Gasteiger partial charge on any atom is -0.395 e. The Hall–Kier alpha value is -0.870. The molecule has 1 saturated heterocycles. The third-order valence-electron chi connectivity index (χ3n) is 3.29. The lowest BCUT2D eigenvalue weighted by Gasteiger charge is -2.32. The van der Waals surface area contributed by atoms with E-state index in [4.69, 9.17) is 5.11 Å². The molecule has 0 bridgehead atoms. The molecule has 1 aromatic heterocycles. The van der Waals surface area contributed by atoms with Gasteiger partial charge in [0.15, 0.2) is 9.84 Å². The van der Waals surface area contributed by atoms with E-state index >= 15 is 0 Å². The SMILES string of the molecule is CC1CS(=O)(=O)CCN1Cc1cc(C#CCCO)cs1. The average molecular weight is 313 g/mol. The number of aliphatic hydroxyl groups excluding tert-OH is 1. The van der Waals surface area contributed by atoms with Gasteiger partial charge in [0.25, 0.3) is 0 Å². The van der Waals surface area contributed by atoms with E-state index in [1.54, 1.807) is 11.3 Å². The topological polar surface area (TPSA) is 57.6 Å². The molecule has 6 heteroatoms. The Morgan fingerprint density at radius 2 is 2.35 bits per heavy atom. The van der Waals surface area contributed by atoms with Crippen molar-refractivity contribution in [2.24, 2.45) is 0 Å². The third kappa shape index (κ3) is 4.32. The molecule has 0 radical (unpaired) electrons. The lowest BCUT2D eigenvalue weighted by molar-refractivity contribution is 0.220. The lowest BCUT2D eigenvalue weighted by atomic mass is 10.2. The van der Waals surface area contributed by atoms with Crippen molar-refractivity contribution in [3.8, 4) is 11.8 Å². The van der Waals surface area contributed by atoms with Crippen LogP contribution in [0.2, 0.25) is 0 Å². The fourth-order valence-corrected chi connectivity index (χ4v) is 4.68. The summed E-state index contributed by atoms with van der Waals surface area (Å²) in [6.07, 6.45) is 0.492. The second-order valence-electron chi connectivity index (χ2n) is 5.01. The monoisotopic (exact) mass is 313 g/mol. The molecule has 1 aliphatic heterocycles. The van der Waals surface area contributed by atoms with Crippen molar-refractivity contribution in [3.63, 3.8) is 0 Å². The molecule has 1 aromatic rings. The Labute approximate surface area is 124 Å². The molecule has 1 N–H and O–H groups in total. The second kappa shape index (κ2) is 6.72. The Bertz CT molecular complexity index is 610. The van der Waals surface area contributed by atoms with Crippen LogP contribution >= 0.6 is 11.3 Å². The predicted octanol–water partition coefficient (Wildman–Crippen LogP) is 1.10. The van der Waals surface area contributed by atoms with Gasteiger partial charge in [0.1, 0.15) is 0 Å². The van der Waals surface area contributed by atoms with E-state index in [1.165, 1.54) is 4.88 Å². The highest BCUT2D eigenvalue weighted by Gasteiger charge is 2.28. The number of hydrogen-bond donors (Lipinski definition) is 1. The minimum absolute atomic E-state index is 0.0692. The van der Waals surface area contributed by atoms with Crippen molar-refractivity contribution in [1.29, 1.82) is 0 Å². The first-order chi connectivity index (χ1) is 9.50. The molecule has 1 atom stereocenters. The highest BCUT2D eigenvalue weighted by Crippen LogP contribution is 2.20. The van der Waals surface area contributed by atoms with Gasteiger partial charge >= 0.3 is 0 Å². The maximum Gasteiger partial charge on any atom is 0.153 e. The molecule has 0 aliphatic carbocycles. The van der Waals surface area contributed by atoms with E-state index in [-0.39, 0.29) is 24.2 Å². The number of thiophene rings is 1. The molecule has 1 unspecified atom stereocenters. The smallest absolute Gasteiger partial charge is 0.153 e. The number of sulfone groups is 1. The van der Waals surface area contributed by atoms with Crippen molar-refractivity contribution >= 4 is 21.2 Å². The van der Waals surface area contributed by atoms with Crippen LogP contribution in [0.3, 0.4) is 0 Å². The molecule has 1 aliphatic rings. The van der Waals surface area contributed by atoms with Crippen LogP contribution in [0.5, 0.6) is 0 Å². The zero-order valence-electron chi connectivity index (χ0n) is 11.5. The summed E-state index contributed by atoms with van der Waals surface area (Å²) in [4.78, 5) is 3.40. The van der Waals surface area contributed by atoms with Crippen LogP contribution < -0.4 is 0 Å². The van der Waals surface area contributed by atoms with Crippen molar-refractivity contribution in [1.82, 2.24) is 4.90 Å². The minimum atomic E-state index is -2.85. The van der Waals surface area contributed by atoms with Crippen LogP contribution in [0.4, 0.5) is 0 Å². The molecule has 2 heterocycles. The number of hydrogen-bond acceptors (Lipinski definition) is 5. The number of rotatable bonds is 3. The van der Waals surface area contributed by atoms with Crippen LogP contribution in [0, 0.1) is 11.8 Å². The maximum atomic E-state index is 11.5. The van der Waals surface area contributed by atoms with Gasteiger partial charge in [0.05, 0.1) is 18.1 Å². The largest absolute Gasteiger partial charge is 0.395 e. The Morgan fingerprint density at radius 1 is 1.55 bits per heavy atom. The molecule has 110 valence electrons. The average Bonchev–Trinajstić information content (AvgIpc) is 2.80. The molecular formula is C14H19NO3S2. The van der Waals surface area contributed by atoms with E-state index < -0.39 is 9.84 Å². The van der Waals surface area contributed by atoms with Crippen molar-refractivity contribution in [2.45, 2.75) is 25.9 Å². The molecule has 0 amide bonds. The van der Waals surface area contributed by atoms with Gasteiger partial charge in [0.2, 0.25) is 0 Å². The first-order valence-electron chi connectivity index (χ1n) is 6.62. The zero-order chi connectivity index (χ0) is 14.6. The molecule has 0 spiro atoms. The summed E-state index contributed by atoms with van der Waals surface area (Å²) in [5, 5.41) is 10.7. The molecule has 0 aromatic carbocycles. The summed E-state index contributed by atoms with van der Waals surface area (Å²) in [6.45, 7) is 3.44. The van der Waals surface area contributed by atoms with Gasteiger partial charge in [-0.25, -0.2) is 8.42 Å². The van der Waals surface area contributed by atoms with Gasteiger partial charge in [-0.2, -0.15) is 0 Å². The third-order valence-corrected chi connectivity index (χ3v) is 6.01. The molecule has 0 saturated carbocycles. The van der Waals surface area contributed by atoms with Gasteiger partial charge in [-0.15, -0.1) is 11.3 Å². The van der Waals surface area contributed by atoms with Gasteiger partial charge in [-0.05, 0) is 13.0 Å². The summed E-state index contributed by atoms with van der Waals surface area (Å²) in [7, 11) is -2.85. The summed E-state index contributed by atoms with van der Waals surface area (Å²) >= 11 is 1.65. The number of nitrogens with zero attached hydrogens (tertiary/aromatic N) is 1.